The van der Waals surface area contributed by atoms with Crippen molar-refractivity contribution in [2.75, 3.05) is 26.1 Å². The monoisotopic (exact) mass is 332 g/mol. The Morgan fingerprint density at radius 1 is 1.09 bits per heavy atom. The van der Waals surface area contributed by atoms with Crippen LogP contribution in [0.5, 0.6) is 17.2 Å². The number of phenolic OH excluding ortho intramolecular Hbond substituents is 1. The van der Waals surface area contributed by atoms with Crippen LogP contribution in [0.15, 0.2) is 42.5 Å². The smallest absolute Gasteiger partial charge is 0.170 e. The van der Waals surface area contributed by atoms with Gasteiger partial charge in [-0.1, -0.05) is 18.2 Å². The van der Waals surface area contributed by atoms with Crippen molar-refractivity contribution in [3.05, 3.63) is 48.0 Å². The fourth-order valence-corrected chi connectivity index (χ4v) is 2.31. The number of aromatic hydroxyl groups is 1. The summed E-state index contributed by atoms with van der Waals surface area (Å²) in [5.74, 6) is 1.58. The van der Waals surface area contributed by atoms with Crippen molar-refractivity contribution in [2.24, 2.45) is 0 Å². The Kier molecular flexibility index (Phi) is 6.05. The van der Waals surface area contributed by atoms with Crippen LogP contribution in [0.2, 0.25) is 0 Å². The second-order valence-electron chi connectivity index (χ2n) is 4.84. The molecule has 3 N–H and O–H groups in total. The summed E-state index contributed by atoms with van der Waals surface area (Å²) >= 11 is 5.22. The highest BCUT2D eigenvalue weighted by molar-refractivity contribution is 7.80. The number of thiocarbonyl (C=S) groups is 1. The highest BCUT2D eigenvalue weighted by Crippen LogP contribution is 2.27. The molecule has 2 rings (SSSR count). The Balaban J connectivity index is 1.85. The Bertz CT molecular complexity index is 677. The molecule has 122 valence electrons. The molecule has 0 spiro atoms. The number of rotatable bonds is 6. The van der Waals surface area contributed by atoms with Crippen molar-refractivity contribution in [2.45, 2.75) is 6.42 Å². The maximum atomic E-state index is 9.69. The second-order valence-corrected chi connectivity index (χ2v) is 5.25. The summed E-state index contributed by atoms with van der Waals surface area (Å²) in [5.41, 5.74) is 1.69. The SMILES string of the molecule is COc1ccc(CCNC(=S)Nc2ccccc2O)cc1OC. The maximum absolute atomic E-state index is 9.69. The van der Waals surface area contributed by atoms with Gasteiger partial charge in [0.15, 0.2) is 16.6 Å². The molecule has 6 heteroatoms. The Morgan fingerprint density at radius 2 is 1.83 bits per heavy atom. The van der Waals surface area contributed by atoms with Crippen LogP contribution in [0.3, 0.4) is 0 Å². The van der Waals surface area contributed by atoms with Crippen molar-refractivity contribution in [3.63, 3.8) is 0 Å². The Morgan fingerprint density at radius 3 is 2.52 bits per heavy atom. The van der Waals surface area contributed by atoms with Gasteiger partial charge >= 0.3 is 0 Å². The Labute approximate surface area is 141 Å². The number of methoxy groups -OCH3 is 2. The van der Waals surface area contributed by atoms with E-state index in [-0.39, 0.29) is 5.75 Å². The van der Waals surface area contributed by atoms with Crippen LogP contribution in [0.1, 0.15) is 5.56 Å². The molecule has 0 saturated heterocycles. The summed E-state index contributed by atoms with van der Waals surface area (Å²) < 4.78 is 10.5. The molecule has 0 fully saturated rings. The number of anilines is 1. The van der Waals surface area contributed by atoms with Gasteiger partial charge in [-0.3, -0.25) is 0 Å². The van der Waals surface area contributed by atoms with Crippen LogP contribution in [0, 0.1) is 0 Å². The predicted molar refractivity (Wildman–Crippen MR) is 95.6 cm³/mol. The quantitative estimate of drug-likeness (QED) is 0.558. The fourth-order valence-electron chi connectivity index (χ4n) is 2.10. The van der Waals surface area contributed by atoms with Crippen molar-refractivity contribution in [3.8, 4) is 17.2 Å². The van der Waals surface area contributed by atoms with E-state index in [9.17, 15) is 5.11 Å². The molecule has 0 amide bonds. The van der Waals surface area contributed by atoms with E-state index in [4.69, 9.17) is 21.7 Å². The van der Waals surface area contributed by atoms with E-state index in [1.54, 1.807) is 32.4 Å². The molecule has 0 heterocycles. The minimum absolute atomic E-state index is 0.163. The lowest BCUT2D eigenvalue weighted by Crippen LogP contribution is -2.30. The van der Waals surface area contributed by atoms with Gasteiger partial charge in [-0.15, -0.1) is 0 Å². The summed E-state index contributed by atoms with van der Waals surface area (Å²) in [6, 6.07) is 12.8. The highest BCUT2D eigenvalue weighted by atomic mass is 32.1. The molecule has 23 heavy (non-hydrogen) atoms. The second kappa shape index (κ2) is 8.24. The van der Waals surface area contributed by atoms with Crippen molar-refractivity contribution in [1.82, 2.24) is 5.32 Å². The third kappa shape index (κ3) is 4.75. The molecular formula is C17H20N2O3S. The number of ether oxygens (including phenoxy) is 2. The van der Waals surface area contributed by atoms with Gasteiger partial charge in [-0.25, -0.2) is 0 Å². The molecule has 0 radical (unpaired) electrons. The van der Waals surface area contributed by atoms with E-state index in [0.29, 0.717) is 28.8 Å². The third-order valence-corrected chi connectivity index (χ3v) is 3.55. The van der Waals surface area contributed by atoms with Gasteiger partial charge in [-0.05, 0) is 48.5 Å². The van der Waals surface area contributed by atoms with E-state index in [0.717, 1.165) is 12.0 Å². The summed E-state index contributed by atoms with van der Waals surface area (Å²) in [6.45, 7) is 0.662. The summed E-state index contributed by atoms with van der Waals surface area (Å²) in [5, 5.41) is 16.2. The minimum atomic E-state index is 0.163. The van der Waals surface area contributed by atoms with Gasteiger partial charge in [0.25, 0.3) is 0 Å². The topological polar surface area (TPSA) is 62.8 Å². The largest absolute Gasteiger partial charge is 0.506 e. The van der Waals surface area contributed by atoms with Crippen LogP contribution in [-0.4, -0.2) is 31.0 Å². The van der Waals surface area contributed by atoms with E-state index in [1.807, 2.05) is 24.3 Å². The number of phenols is 1. The summed E-state index contributed by atoms with van der Waals surface area (Å²) in [4.78, 5) is 0. The number of nitrogens with one attached hydrogen (secondary N) is 2. The van der Waals surface area contributed by atoms with E-state index >= 15 is 0 Å². The molecule has 0 unspecified atom stereocenters. The molecule has 0 bridgehead atoms. The van der Waals surface area contributed by atoms with Gasteiger partial charge in [0.05, 0.1) is 19.9 Å². The first-order valence-electron chi connectivity index (χ1n) is 7.17. The average Bonchev–Trinajstić information content (AvgIpc) is 2.56. The van der Waals surface area contributed by atoms with Gasteiger partial charge in [0.1, 0.15) is 5.75 Å². The molecule has 2 aromatic rings. The standard InChI is InChI=1S/C17H20N2O3S/c1-21-15-8-7-12(11-16(15)22-2)9-10-18-17(23)19-13-5-3-4-6-14(13)20/h3-8,11,20H,9-10H2,1-2H3,(H2,18,19,23). The van der Waals surface area contributed by atoms with Crippen molar-refractivity contribution in [1.29, 1.82) is 0 Å². The molecule has 0 atom stereocenters. The van der Waals surface area contributed by atoms with Crippen LogP contribution in [0.25, 0.3) is 0 Å². The van der Waals surface area contributed by atoms with Gasteiger partial charge < -0.3 is 25.2 Å². The zero-order valence-electron chi connectivity index (χ0n) is 13.1. The number of hydrogen-bond donors (Lipinski definition) is 3. The van der Waals surface area contributed by atoms with Gasteiger partial charge in [-0.2, -0.15) is 0 Å². The third-order valence-electron chi connectivity index (χ3n) is 3.30. The predicted octanol–water partition coefficient (Wildman–Crippen LogP) is 2.94. The van der Waals surface area contributed by atoms with E-state index in [2.05, 4.69) is 10.6 Å². The molecule has 0 aliphatic carbocycles. The van der Waals surface area contributed by atoms with E-state index in [1.165, 1.54) is 0 Å². The van der Waals surface area contributed by atoms with Gasteiger partial charge in [0, 0.05) is 6.54 Å². The molecule has 5 nitrogen and oxygen atoms in total. The first-order chi connectivity index (χ1) is 11.1. The van der Waals surface area contributed by atoms with Crippen LogP contribution in [0.4, 0.5) is 5.69 Å². The highest BCUT2D eigenvalue weighted by Gasteiger charge is 2.05. The Hall–Kier alpha value is -2.47. The summed E-state index contributed by atoms with van der Waals surface area (Å²) in [6.07, 6.45) is 0.781. The number of para-hydroxylation sites is 2. The first kappa shape index (κ1) is 16.9. The zero-order valence-corrected chi connectivity index (χ0v) is 13.9. The molecule has 0 aromatic heterocycles. The molecule has 0 aliphatic rings. The molecule has 2 aromatic carbocycles. The molecular weight excluding hydrogens is 312 g/mol. The van der Waals surface area contributed by atoms with Crippen molar-refractivity contribution < 1.29 is 14.6 Å². The lowest BCUT2D eigenvalue weighted by molar-refractivity contribution is 0.354. The van der Waals surface area contributed by atoms with Crippen LogP contribution < -0.4 is 20.1 Å². The normalized spacial score (nSPS) is 10.0. The maximum Gasteiger partial charge on any atom is 0.170 e. The van der Waals surface area contributed by atoms with Crippen LogP contribution >= 0.6 is 12.2 Å². The van der Waals surface area contributed by atoms with Crippen molar-refractivity contribution >= 4 is 23.0 Å². The average molecular weight is 332 g/mol. The summed E-state index contributed by atoms with van der Waals surface area (Å²) in [7, 11) is 3.23. The lowest BCUT2D eigenvalue weighted by Gasteiger charge is -2.12. The number of benzene rings is 2. The minimum Gasteiger partial charge on any atom is -0.506 e. The first-order valence-corrected chi connectivity index (χ1v) is 7.58. The zero-order chi connectivity index (χ0) is 16.7. The number of hydrogen-bond acceptors (Lipinski definition) is 4. The van der Waals surface area contributed by atoms with E-state index < -0.39 is 0 Å². The molecule has 0 aliphatic heterocycles. The lowest BCUT2D eigenvalue weighted by atomic mass is 10.1. The van der Waals surface area contributed by atoms with Gasteiger partial charge in [0.2, 0.25) is 0 Å². The fraction of sp³-hybridized carbons (Fsp3) is 0.235. The molecule has 0 saturated carbocycles. The van der Waals surface area contributed by atoms with Crippen LogP contribution in [-0.2, 0) is 6.42 Å².